The van der Waals surface area contributed by atoms with Gasteiger partial charge in [0, 0.05) is 12.3 Å². The predicted octanol–water partition coefficient (Wildman–Crippen LogP) is 4.27. The fourth-order valence-electron chi connectivity index (χ4n) is 4.51. The molecule has 0 amide bonds. The molecule has 1 fully saturated rings. The first-order chi connectivity index (χ1) is 8.27. The summed E-state index contributed by atoms with van der Waals surface area (Å²) >= 11 is 0. The van der Waals surface area contributed by atoms with Crippen molar-refractivity contribution in [2.75, 3.05) is 0 Å². The van der Waals surface area contributed by atoms with E-state index in [9.17, 15) is 4.79 Å². The second kappa shape index (κ2) is 4.59. The molecule has 0 heterocycles. The van der Waals surface area contributed by atoms with Crippen LogP contribution in [0.5, 0.6) is 0 Å². The largest absolute Gasteiger partial charge is 0.299 e. The van der Waals surface area contributed by atoms with Crippen LogP contribution < -0.4 is 0 Å². The summed E-state index contributed by atoms with van der Waals surface area (Å²) in [6.07, 6.45) is 11.5. The van der Waals surface area contributed by atoms with Crippen molar-refractivity contribution in [1.82, 2.24) is 0 Å². The second-order valence-corrected chi connectivity index (χ2v) is 6.33. The Labute approximate surface area is 105 Å². The Bertz CT molecular complexity index is 353. The van der Waals surface area contributed by atoms with Crippen molar-refractivity contribution in [3.8, 4) is 0 Å². The van der Waals surface area contributed by atoms with Crippen molar-refractivity contribution in [3.63, 3.8) is 0 Å². The summed E-state index contributed by atoms with van der Waals surface area (Å²) in [4.78, 5) is 12.0. The van der Waals surface area contributed by atoms with E-state index in [1.54, 1.807) is 11.1 Å². The van der Waals surface area contributed by atoms with Crippen molar-refractivity contribution >= 4 is 5.78 Å². The van der Waals surface area contributed by atoms with E-state index in [1.165, 1.54) is 51.4 Å². The Kier molecular flexibility index (Phi) is 3.10. The molecule has 0 bridgehead atoms. The van der Waals surface area contributed by atoms with Gasteiger partial charge in [0.2, 0.25) is 0 Å². The molecule has 3 aliphatic carbocycles. The highest BCUT2D eigenvalue weighted by atomic mass is 16.1. The van der Waals surface area contributed by atoms with Crippen LogP contribution in [-0.4, -0.2) is 5.78 Å². The van der Waals surface area contributed by atoms with Crippen molar-refractivity contribution < 1.29 is 4.79 Å². The maximum atomic E-state index is 12.0. The molecule has 0 unspecified atom stereocenters. The molecule has 3 rings (SSSR count). The zero-order chi connectivity index (χ0) is 11.8. The number of hydrogen-bond acceptors (Lipinski definition) is 1. The summed E-state index contributed by atoms with van der Waals surface area (Å²) in [5, 5.41) is 0. The van der Waals surface area contributed by atoms with Gasteiger partial charge in [-0.05, 0) is 50.4 Å². The molecule has 0 radical (unpaired) electrons. The van der Waals surface area contributed by atoms with Gasteiger partial charge in [0.15, 0.2) is 0 Å². The van der Waals surface area contributed by atoms with E-state index in [0.717, 1.165) is 6.42 Å². The van der Waals surface area contributed by atoms with Crippen LogP contribution in [0.4, 0.5) is 0 Å². The van der Waals surface area contributed by atoms with Crippen LogP contribution in [0.3, 0.4) is 0 Å². The first-order valence-corrected chi connectivity index (χ1v) is 7.51. The normalized spacial score (nSPS) is 38.4. The number of carbonyl (C=O) groups is 1. The number of Topliss-reactive ketones (excluding diaryl/α,β-unsaturated/α-hetero) is 1. The number of rotatable bonds is 0. The molecule has 0 aromatic rings. The number of ketones is 1. The van der Waals surface area contributed by atoms with Crippen LogP contribution in [0.15, 0.2) is 11.1 Å². The molecule has 17 heavy (non-hydrogen) atoms. The van der Waals surface area contributed by atoms with Crippen LogP contribution in [0.1, 0.15) is 64.7 Å². The van der Waals surface area contributed by atoms with Crippen LogP contribution in [0.2, 0.25) is 0 Å². The van der Waals surface area contributed by atoms with Gasteiger partial charge in [-0.15, -0.1) is 0 Å². The molecular weight excluding hydrogens is 208 g/mol. The van der Waals surface area contributed by atoms with Crippen molar-refractivity contribution in [2.45, 2.75) is 64.7 Å². The average Bonchev–Trinajstić information content (AvgIpc) is 2.63. The summed E-state index contributed by atoms with van der Waals surface area (Å²) < 4.78 is 0. The van der Waals surface area contributed by atoms with E-state index in [0.29, 0.717) is 23.5 Å². The molecule has 0 spiro atoms. The minimum atomic E-state index is 0.396. The number of hydrogen-bond donors (Lipinski definition) is 0. The monoisotopic (exact) mass is 232 g/mol. The zero-order valence-electron chi connectivity index (χ0n) is 11.0. The first-order valence-electron chi connectivity index (χ1n) is 7.51. The van der Waals surface area contributed by atoms with E-state index in [4.69, 9.17) is 0 Å². The third-order valence-electron chi connectivity index (χ3n) is 5.37. The number of carbonyl (C=O) groups excluding carboxylic acids is 1. The second-order valence-electron chi connectivity index (χ2n) is 6.33. The molecular formula is C16H24O. The smallest absolute Gasteiger partial charge is 0.136 e. The van der Waals surface area contributed by atoms with Crippen LogP contribution >= 0.6 is 0 Å². The SMILES string of the molecule is C[C@H]1C2=C(CCCCCC2)C[C@@H]2CCC(=O)[C@@H]21. The van der Waals surface area contributed by atoms with E-state index in [-0.39, 0.29) is 0 Å². The van der Waals surface area contributed by atoms with Crippen molar-refractivity contribution in [1.29, 1.82) is 0 Å². The molecule has 0 aromatic heterocycles. The summed E-state index contributed by atoms with van der Waals surface area (Å²) in [5.74, 6) is 2.23. The molecule has 3 atom stereocenters. The standard InChI is InChI=1S/C16H24O/c1-11-14-7-5-3-2-4-6-12(14)10-13-8-9-15(17)16(11)13/h11,13,16H,2-10H2,1H3/t11-,13-,16+/m0/s1. The zero-order valence-corrected chi connectivity index (χ0v) is 11.0. The maximum absolute atomic E-state index is 12.0. The molecule has 1 nitrogen and oxygen atoms in total. The Hall–Kier alpha value is -0.590. The van der Waals surface area contributed by atoms with E-state index in [1.807, 2.05) is 0 Å². The predicted molar refractivity (Wildman–Crippen MR) is 69.7 cm³/mol. The Morgan fingerprint density at radius 1 is 1.00 bits per heavy atom. The van der Waals surface area contributed by atoms with Gasteiger partial charge in [-0.3, -0.25) is 4.79 Å². The van der Waals surface area contributed by atoms with E-state index in [2.05, 4.69) is 6.92 Å². The summed E-state index contributed by atoms with van der Waals surface area (Å²) in [6.45, 7) is 2.33. The third kappa shape index (κ3) is 1.98. The van der Waals surface area contributed by atoms with Gasteiger partial charge in [-0.25, -0.2) is 0 Å². The molecule has 0 saturated heterocycles. The van der Waals surface area contributed by atoms with Gasteiger partial charge in [0.25, 0.3) is 0 Å². The minimum absolute atomic E-state index is 0.396. The topological polar surface area (TPSA) is 17.1 Å². The average molecular weight is 232 g/mol. The fourth-order valence-corrected chi connectivity index (χ4v) is 4.51. The lowest BCUT2D eigenvalue weighted by Crippen LogP contribution is -2.30. The van der Waals surface area contributed by atoms with Gasteiger partial charge in [0.05, 0.1) is 0 Å². The Morgan fingerprint density at radius 3 is 2.59 bits per heavy atom. The first kappa shape index (κ1) is 11.5. The van der Waals surface area contributed by atoms with Crippen LogP contribution in [0, 0.1) is 17.8 Å². The minimum Gasteiger partial charge on any atom is -0.299 e. The maximum Gasteiger partial charge on any atom is 0.136 e. The van der Waals surface area contributed by atoms with E-state index >= 15 is 0 Å². The molecule has 0 aromatic carbocycles. The molecule has 3 aliphatic rings. The molecule has 0 N–H and O–H groups in total. The molecule has 1 saturated carbocycles. The number of fused-ring (bicyclic) bond motifs is 1. The van der Waals surface area contributed by atoms with Gasteiger partial charge >= 0.3 is 0 Å². The quantitative estimate of drug-likeness (QED) is 0.570. The lowest BCUT2D eigenvalue weighted by Gasteiger charge is -2.36. The van der Waals surface area contributed by atoms with Gasteiger partial charge in [0.1, 0.15) is 5.78 Å². The van der Waals surface area contributed by atoms with Gasteiger partial charge in [-0.2, -0.15) is 0 Å². The van der Waals surface area contributed by atoms with Crippen LogP contribution in [0.25, 0.3) is 0 Å². The Balaban J connectivity index is 1.89. The highest BCUT2D eigenvalue weighted by Crippen LogP contribution is 2.48. The Morgan fingerprint density at radius 2 is 1.76 bits per heavy atom. The molecule has 1 heteroatoms. The third-order valence-corrected chi connectivity index (χ3v) is 5.37. The van der Waals surface area contributed by atoms with Crippen molar-refractivity contribution in [3.05, 3.63) is 11.1 Å². The van der Waals surface area contributed by atoms with E-state index < -0.39 is 0 Å². The van der Waals surface area contributed by atoms with Crippen molar-refractivity contribution in [2.24, 2.45) is 17.8 Å². The lowest BCUT2D eigenvalue weighted by molar-refractivity contribution is -0.122. The van der Waals surface area contributed by atoms with Gasteiger partial charge in [-0.1, -0.05) is 30.9 Å². The molecule has 0 aliphatic heterocycles. The number of allylic oxidation sites excluding steroid dienone is 2. The summed E-state index contributed by atoms with van der Waals surface area (Å²) in [7, 11) is 0. The highest BCUT2D eigenvalue weighted by Gasteiger charge is 2.43. The highest BCUT2D eigenvalue weighted by molar-refractivity contribution is 5.84. The fraction of sp³-hybridized carbons (Fsp3) is 0.812. The summed E-state index contributed by atoms with van der Waals surface area (Å²) in [5.41, 5.74) is 3.45. The summed E-state index contributed by atoms with van der Waals surface area (Å²) in [6, 6.07) is 0. The van der Waals surface area contributed by atoms with Gasteiger partial charge < -0.3 is 0 Å². The molecule has 94 valence electrons. The van der Waals surface area contributed by atoms with Crippen LogP contribution in [-0.2, 0) is 4.79 Å². The lowest BCUT2D eigenvalue weighted by atomic mass is 9.68.